The Labute approximate surface area is 107 Å². The lowest BCUT2D eigenvalue weighted by molar-refractivity contribution is 0.586. The van der Waals surface area contributed by atoms with Gasteiger partial charge in [0, 0.05) is 6.54 Å². The van der Waals surface area contributed by atoms with E-state index < -0.39 is 0 Å². The summed E-state index contributed by atoms with van der Waals surface area (Å²) >= 11 is 3.45. The summed E-state index contributed by atoms with van der Waals surface area (Å²) in [4.78, 5) is 12.4. The Morgan fingerprint density at radius 3 is 3.06 bits per heavy atom. The van der Waals surface area contributed by atoms with Gasteiger partial charge in [0.1, 0.15) is 0 Å². The normalized spacial score (nSPS) is 14.5. The Hall–Kier alpha value is -1.29. The first kappa shape index (κ1) is 10.8. The molecule has 4 heteroatoms. The fourth-order valence-corrected chi connectivity index (χ4v) is 2.92. The zero-order valence-corrected chi connectivity index (χ0v) is 11.1. The Kier molecular flexibility index (Phi) is 2.47. The van der Waals surface area contributed by atoms with E-state index in [1.807, 2.05) is 19.1 Å². The lowest BCUT2D eigenvalue weighted by Crippen LogP contribution is -2.20. The maximum absolute atomic E-state index is 12.4. The van der Waals surface area contributed by atoms with E-state index in [2.05, 4.69) is 21.2 Å². The minimum atomic E-state index is 0.0952. The van der Waals surface area contributed by atoms with E-state index in [1.54, 1.807) is 0 Å². The average Bonchev–Trinajstić information content (AvgIpc) is 2.31. The number of nitrogens with one attached hydrogen (secondary N) is 1. The molecule has 3 rings (SSSR count). The SMILES string of the molecule is Cc1cc(Br)c2oc3c(c(=O)c2c1)CCCN3. The van der Waals surface area contributed by atoms with Crippen molar-refractivity contribution in [1.29, 1.82) is 0 Å². The second-order valence-corrected chi connectivity index (χ2v) is 5.25. The summed E-state index contributed by atoms with van der Waals surface area (Å²) in [6.45, 7) is 2.84. The first-order valence-electron chi connectivity index (χ1n) is 5.66. The molecule has 0 amide bonds. The Balaban J connectivity index is 2.44. The molecular weight excluding hydrogens is 282 g/mol. The third kappa shape index (κ3) is 1.67. The van der Waals surface area contributed by atoms with Crippen LogP contribution < -0.4 is 10.7 Å². The summed E-state index contributed by atoms with van der Waals surface area (Å²) in [5.74, 6) is 0.637. The van der Waals surface area contributed by atoms with E-state index >= 15 is 0 Å². The van der Waals surface area contributed by atoms with Crippen LogP contribution in [0.5, 0.6) is 0 Å². The molecule has 2 aromatic rings. The topological polar surface area (TPSA) is 42.2 Å². The molecule has 2 heterocycles. The van der Waals surface area contributed by atoms with Crippen molar-refractivity contribution in [2.24, 2.45) is 0 Å². The van der Waals surface area contributed by atoms with E-state index in [4.69, 9.17) is 4.42 Å². The molecule has 0 atom stereocenters. The Morgan fingerprint density at radius 1 is 1.41 bits per heavy atom. The van der Waals surface area contributed by atoms with Crippen molar-refractivity contribution in [2.45, 2.75) is 19.8 Å². The Bertz CT molecular complexity index is 660. The number of hydrogen-bond donors (Lipinski definition) is 1. The van der Waals surface area contributed by atoms with Gasteiger partial charge in [0.2, 0.25) is 5.88 Å². The van der Waals surface area contributed by atoms with Gasteiger partial charge in [-0.05, 0) is 53.4 Å². The molecule has 0 fully saturated rings. The van der Waals surface area contributed by atoms with Gasteiger partial charge in [0.15, 0.2) is 11.0 Å². The molecule has 3 nitrogen and oxygen atoms in total. The first-order chi connectivity index (χ1) is 8.16. The van der Waals surface area contributed by atoms with Crippen molar-refractivity contribution in [3.63, 3.8) is 0 Å². The van der Waals surface area contributed by atoms with Gasteiger partial charge in [0.25, 0.3) is 0 Å². The lowest BCUT2D eigenvalue weighted by atomic mass is 10.0. The zero-order chi connectivity index (χ0) is 12.0. The number of anilines is 1. The quantitative estimate of drug-likeness (QED) is 0.811. The molecule has 0 spiro atoms. The van der Waals surface area contributed by atoms with Crippen molar-refractivity contribution < 1.29 is 4.42 Å². The summed E-state index contributed by atoms with van der Waals surface area (Å²) in [6, 6.07) is 3.85. The molecule has 88 valence electrons. The van der Waals surface area contributed by atoms with Gasteiger partial charge < -0.3 is 9.73 Å². The number of aryl methyl sites for hydroxylation is 1. The molecule has 0 saturated carbocycles. The molecule has 0 radical (unpaired) electrons. The van der Waals surface area contributed by atoms with E-state index in [1.165, 1.54) is 0 Å². The zero-order valence-electron chi connectivity index (χ0n) is 9.47. The number of benzene rings is 1. The predicted molar refractivity (Wildman–Crippen MR) is 71.7 cm³/mol. The van der Waals surface area contributed by atoms with E-state index in [9.17, 15) is 4.79 Å². The molecule has 0 unspecified atom stereocenters. The summed E-state index contributed by atoms with van der Waals surface area (Å²) < 4.78 is 6.63. The first-order valence-corrected chi connectivity index (χ1v) is 6.46. The highest BCUT2D eigenvalue weighted by atomic mass is 79.9. The molecule has 17 heavy (non-hydrogen) atoms. The second-order valence-electron chi connectivity index (χ2n) is 4.39. The third-order valence-corrected chi connectivity index (χ3v) is 3.66. The average molecular weight is 294 g/mol. The highest BCUT2D eigenvalue weighted by Crippen LogP contribution is 2.29. The molecule has 0 aliphatic carbocycles. The summed E-state index contributed by atoms with van der Waals surface area (Å²) in [7, 11) is 0. The smallest absolute Gasteiger partial charge is 0.200 e. The maximum atomic E-state index is 12.4. The molecule has 1 aliphatic heterocycles. The summed E-state index contributed by atoms with van der Waals surface area (Å²) in [6.07, 6.45) is 1.78. The predicted octanol–water partition coefficient (Wildman–Crippen LogP) is 3.22. The number of rotatable bonds is 0. The number of halogens is 1. The van der Waals surface area contributed by atoms with Crippen LogP contribution in [-0.2, 0) is 6.42 Å². The van der Waals surface area contributed by atoms with Crippen LogP contribution in [0.4, 0.5) is 5.88 Å². The highest BCUT2D eigenvalue weighted by Gasteiger charge is 2.18. The monoisotopic (exact) mass is 293 g/mol. The van der Waals surface area contributed by atoms with Crippen LogP contribution in [0.3, 0.4) is 0 Å². The lowest BCUT2D eigenvalue weighted by Gasteiger charge is -2.16. The standard InChI is InChI=1S/C13H12BrNO2/c1-7-5-9-11(16)8-3-2-4-15-13(8)17-12(9)10(14)6-7/h5-6,15H,2-4H2,1H3. The van der Waals surface area contributed by atoms with Crippen molar-refractivity contribution in [3.05, 3.63) is 38.0 Å². The van der Waals surface area contributed by atoms with Crippen LogP contribution in [0.25, 0.3) is 11.0 Å². The van der Waals surface area contributed by atoms with Crippen molar-refractivity contribution in [2.75, 3.05) is 11.9 Å². The molecule has 1 aliphatic rings. The van der Waals surface area contributed by atoms with E-state index in [-0.39, 0.29) is 5.43 Å². The van der Waals surface area contributed by atoms with Gasteiger partial charge in [-0.2, -0.15) is 0 Å². The van der Waals surface area contributed by atoms with Gasteiger partial charge in [-0.25, -0.2) is 0 Å². The van der Waals surface area contributed by atoms with Gasteiger partial charge in [-0.1, -0.05) is 0 Å². The fraction of sp³-hybridized carbons (Fsp3) is 0.308. The molecular formula is C13H12BrNO2. The maximum Gasteiger partial charge on any atom is 0.200 e. The van der Waals surface area contributed by atoms with E-state index in [0.29, 0.717) is 16.9 Å². The summed E-state index contributed by atoms with van der Waals surface area (Å²) in [5.41, 5.74) is 2.56. The van der Waals surface area contributed by atoms with Gasteiger partial charge >= 0.3 is 0 Å². The number of fused-ring (bicyclic) bond motifs is 2. The molecule has 0 saturated heterocycles. The number of hydrogen-bond acceptors (Lipinski definition) is 3. The van der Waals surface area contributed by atoms with Crippen LogP contribution in [0.2, 0.25) is 0 Å². The minimum Gasteiger partial charge on any atom is -0.439 e. The van der Waals surface area contributed by atoms with Crippen LogP contribution >= 0.6 is 15.9 Å². The van der Waals surface area contributed by atoms with Crippen LogP contribution in [0.15, 0.2) is 25.8 Å². The molecule has 1 aromatic carbocycles. The van der Waals surface area contributed by atoms with E-state index in [0.717, 1.165) is 35.0 Å². The fourth-order valence-electron chi connectivity index (χ4n) is 2.27. The van der Waals surface area contributed by atoms with Crippen molar-refractivity contribution >= 4 is 32.8 Å². The third-order valence-electron chi connectivity index (χ3n) is 3.07. The summed E-state index contributed by atoms with van der Waals surface area (Å²) in [5, 5.41) is 3.82. The van der Waals surface area contributed by atoms with Crippen molar-refractivity contribution in [3.8, 4) is 0 Å². The Morgan fingerprint density at radius 2 is 2.24 bits per heavy atom. The van der Waals surface area contributed by atoms with Crippen LogP contribution in [0.1, 0.15) is 17.5 Å². The largest absolute Gasteiger partial charge is 0.439 e. The molecule has 1 N–H and O–H groups in total. The van der Waals surface area contributed by atoms with Crippen LogP contribution in [-0.4, -0.2) is 6.54 Å². The molecule has 0 bridgehead atoms. The minimum absolute atomic E-state index is 0.0952. The van der Waals surface area contributed by atoms with Gasteiger partial charge in [0.05, 0.1) is 15.4 Å². The van der Waals surface area contributed by atoms with Gasteiger partial charge in [-0.3, -0.25) is 4.79 Å². The van der Waals surface area contributed by atoms with Crippen LogP contribution in [0, 0.1) is 6.92 Å². The van der Waals surface area contributed by atoms with Gasteiger partial charge in [-0.15, -0.1) is 0 Å². The second kappa shape index (κ2) is 3.88. The highest BCUT2D eigenvalue weighted by molar-refractivity contribution is 9.10. The van der Waals surface area contributed by atoms with Crippen molar-refractivity contribution in [1.82, 2.24) is 0 Å². The molecule has 1 aromatic heterocycles.